The number of urea groups is 1. The van der Waals surface area contributed by atoms with Gasteiger partial charge in [0.25, 0.3) is 0 Å². The second-order valence-electron chi connectivity index (χ2n) is 11.1. The molecule has 4 aromatic carbocycles. The van der Waals surface area contributed by atoms with E-state index in [1.807, 2.05) is 81.4 Å². The number of methoxy groups -OCH3 is 2. The van der Waals surface area contributed by atoms with Gasteiger partial charge in [-0.1, -0.05) is 63.2 Å². The monoisotopic (exact) mass is 590 g/mol. The summed E-state index contributed by atoms with van der Waals surface area (Å²) in [7, 11) is 2.75. The van der Waals surface area contributed by atoms with Crippen LogP contribution in [0.2, 0.25) is 0 Å². The Morgan fingerprint density at radius 1 is 0.773 bits per heavy atom. The van der Waals surface area contributed by atoms with Crippen LogP contribution in [-0.4, -0.2) is 31.2 Å². The molecule has 2 amide bonds. The largest absolute Gasteiger partial charge is 0.494 e. The lowest BCUT2D eigenvalue weighted by atomic mass is 9.85. The highest BCUT2D eigenvalue weighted by Crippen LogP contribution is 2.37. The van der Waals surface area contributed by atoms with Gasteiger partial charge in [0.1, 0.15) is 22.9 Å². The van der Waals surface area contributed by atoms with Gasteiger partial charge in [-0.3, -0.25) is 0 Å². The van der Waals surface area contributed by atoms with Crippen molar-refractivity contribution in [2.45, 2.75) is 26.2 Å². The molecule has 9 heteroatoms. The lowest BCUT2D eigenvalue weighted by Crippen LogP contribution is -2.22. The number of carbonyl (C=O) groups excluding carboxylic acids is 2. The molecule has 1 aromatic heterocycles. The molecular weight excluding hydrogens is 556 g/mol. The van der Waals surface area contributed by atoms with E-state index in [-0.39, 0.29) is 16.7 Å². The summed E-state index contributed by atoms with van der Waals surface area (Å²) in [6.07, 6.45) is 1.68. The van der Waals surface area contributed by atoms with E-state index in [4.69, 9.17) is 14.2 Å². The number of rotatable bonds is 8. The van der Waals surface area contributed by atoms with Crippen LogP contribution < -0.4 is 25.4 Å². The molecular formula is C35H34N4O5. The van der Waals surface area contributed by atoms with Gasteiger partial charge >= 0.3 is 12.0 Å². The second kappa shape index (κ2) is 12.7. The molecule has 5 rings (SSSR count). The van der Waals surface area contributed by atoms with Crippen LogP contribution in [-0.2, 0) is 10.2 Å². The number of para-hydroxylation sites is 1. The van der Waals surface area contributed by atoms with Crippen molar-refractivity contribution in [1.29, 1.82) is 0 Å². The maximum atomic E-state index is 13.3. The molecule has 3 N–H and O–H groups in total. The van der Waals surface area contributed by atoms with Gasteiger partial charge in [-0.05, 0) is 53.4 Å². The van der Waals surface area contributed by atoms with Crippen molar-refractivity contribution in [3.8, 4) is 17.2 Å². The minimum atomic E-state index is -0.560. The first-order chi connectivity index (χ1) is 21.2. The number of anilines is 4. The second-order valence-corrected chi connectivity index (χ2v) is 11.1. The van der Waals surface area contributed by atoms with Crippen molar-refractivity contribution in [3.63, 3.8) is 0 Å². The smallest absolute Gasteiger partial charge is 0.341 e. The van der Waals surface area contributed by atoms with E-state index in [1.54, 1.807) is 36.5 Å². The number of amides is 2. The Labute approximate surface area is 256 Å². The van der Waals surface area contributed by atoms with Crippen LogP contribution in [0.3, 0.4) is 0 Å². The summed E-state index contributed by atoms with van der Waals surface area (Å²) in [6.45, 7) is 6.05. The van der Waals surface area contributed by atoms with E-state index in [9.17, 15) is 9.59 Å². The Hall–Kier alpha value is -5.57. The molecule has 0 aliphatic carbocycles. The van der Waals surface area contributed by atoms with Gasteiger partial charge in [0, 0.05) is 28.7 Å². The summed E-state index contributed by atoms with van der Waals surface area (Å²) in [5.74, 6) is 1.52. The van der Waals surface area contributed by atoms with Crippen molar-refractivity contribution < 1.29 is 23.8 Å². The topological polar surface area (TPSA) is 111 Å². The number of benzene rings is 4. The maximum Gasteiger partial charge on any atom is 0.341 e. The van der Waals surface area contributed by atoms with Crippen molar-refractivity contribution in [2.75, 3.05) is 30.2 Å². The highest BCUT2D eigenvalue weighted by molar-refractivity contribution is 6.08. The number of nitrogens with one attached hydrogen (secondary N) is 3. The first kappa shape index (κ1) is 29.9. The quantitative estimate of drug-likeness (QED) is 0.155. The zero-order chi connectivity index (χ0) is 31.3. The fourth-order valence-corrected chi connectivity index (χ4v) is 4.72. The molecule has 0 radical (unpaired) electrons. The van der Waals surface area contributed by atoms with Gasteiger partial charge in [0.05, 0.1) is 25.6 Å². The van der Waals surface area contributed by atoms with Crippen LogP contribution >= 0.6 is 0 Å². The average Bonchev–Trinajstić information content (AvgIpc) is 3.01. The van der Waals surface area contributed by atoms with Crippen LogP contribution in [0, 0.1) is 0 Å². The Kier molecular flexibility index (Phi) is 8.66. The van der Waals surface area contributed by atoms with E-state index in [2.05, 4.69) is 20.9 Å². The number of hydrogen-bond acceptors (Lipinski definition) is 7. The summed E-state index contributed by atoms with van der Waals surface area (Å²) in [6, 6.07) is 27.6. The third kappa shape index (κ3) is 6.73. The number of nitrogens with zero attached hydrogens (tertiary/aromatic N) is 1. The van der Waals surface area contributed by atoms with Gasteiger partial charge in [-0.25, -0.2) is 14.6 Å². The number of hydrogen-bond donors (Lipinski definition) is 3. The molecule has 0 bridgehead atoms. The molecule has 0 unspecified atom stereocenters. The van der Waals surface area contributed by atoms with Gasteiger partial charge in [-0.15, -0.1) is 0 Å². The van der Waals surface area contributed by atoms with E-state index in [1.165, 1.54) is 14.2 Å². The molecule has 0 aliphatic heterocycles. The highest BCUT2D eigenvalue weighted by atomic mass is 16.5. The zero-order valence-electron chi connectivity index (χ0n) is 25.2. The molecule has 0 spiro atoms. The molecule has 0 aliphatic rings. The van der Waals surface area contributed by atoms with Gasteiger partial charge in [-0.2, -0.15) is 0 Å². The van der Waals surface area contributed by atoms with Gasteiger partial charge < -0.3 is 30.2 Å². The Bertz CT molecular complexity index is 1820. The molecule has 5 aromatic rings. The summed E-state index contributed by atoms with van der Waals surface area (Å²) >= 11 is 0. The standard InChI is InChI=1S/C35H34N4O5/c1-35(2,3)22-19-27(33(40)43-5)32(42-4)29(20-22)39-34(41)38-28-15-16-30(26-14-10-9-13-25(26)28)44-24-17-18-36-31(21-24)37-23-11-7-6-8-12-23/h6-21H,1-5H3,(H,36,37)(H2,38,39,41). The number of fused-ring (bicyclic) bond motifs is 1. The van der Waals surface area contributed by atoms with Crippen LogP contribution in [0.1, 0.15) is 36.7 Å². The number of carbonyl (C=O) groups is 2. The zero-order valence-corrected chi connectivity index (χ0v) is 25.2. The molecule has 0 atom stereocenters. The number of pyridine rings is 1. The van der Waals surface area contributed by atoms with Crippen LogP contribution in [0.4, 0.5) is 27.7 Å². The molecule has 0 saturated heterocycles. The molecule has 1 heterocycles. The van der Waals surface area contributed by atoms with Crippen LogP contribution in [0.25, 0.3) is 10.8 Å². The van der Waals surface area contributed by atoms with Crippen LogP contribution in [0.5, 0.6) is 17.2 Å². The van der Waals surface area contributed by atoms with Crippen molar-refractivity contribution >= 4 is 45.7 Å². The van der Waals surface area contributed by atoms with E-state index < -0.39 is 12.0 Å². The highest BCUT2D eigenvalue weighted by Gasteiger charge is 2.24. The van der Waals surface area contributed by atoms with E-state index in [0.29, 0.717) is 28.7 Å². The predicted octanol–water partition coefficient (Wildman–Crippen LogP) is 8.51. The Morgan fingerprint density at radius 3 is 2.18 bits per heavy atom. The lowest BCUT2D eigenvalue weighted by molar-refractivity contribution is 0.0597. The maximum absolute atomic E-state index is 13.3. The normalized spacial score (nSPS) is 11.0. The van der Waals surface area contributed by atoms with Gasteiger partial charge in [0.2, 0.25) is 0 Å². The Morgan fingerprint density at radius 2 is 1.48 bits per heavy atom. The molecule has 44 heavy (non-hydrogen) atoms. The van der Waals surface area contributed by atoms with Gasteiger partial charge in [0.15, 0.2) is 5.75 Å². The lowest BCUT2D eigenvalue weighted by Gasteiger charge is -2.23. The first-order valence-corrected chi connectivity index (χ1v) is 14.0. The Balaban J connectivity index is 1.40. The summed E-state index contributed by atoms with van der Waals surface area (Å²) in [5, 5.41) is 10.7. The minimum Gasteiger partial charge on any atom is -0.494 e. The van der Waals surface area contributed by atoms with E-state index >= 15 is 0 Å². The van der Waals surface area contributed by atoms with Crippen molar-refractivity contribution in [2.24, 2.45) is 0 Å². The molecule has 0 fully saturated rings. The average molecular weight is 591 g/mol. The first-order valence-electron chi connectivity index (χ1n) is 14.0. The van der Waals surface area contributed by atoms with Crippen LogP contribution in [0.15, 0.2) is 97.2 Å². The third-order valence-electron chi connectivity index (χ3n) is 6.95. The molecule has 9 nitrogen and oxygen atoms in total. The van der Waals surface area contributed by atoms with Crippen molar-refractivity contribution in [1.82, 2.24) is 4.98 Å². The minimum absolute atomic E-state index is 0.215. The third-order valence-corrected chi connectivity index (χ3v) is 6.95. The fourth-order valence-electron chi connectivity index (χ4n) is 4.72. The molecule has 0 saturated carbocycles. The fraction of sp³-hybridized carbons (Fsp3) is 0.171. The number of esters is 1. The summed E-state index contributed by atoms with van der Waals surface area (Å²) < 4.78 is 16.8. The number of ether oxygens (including phenoxy) is 3. The van der Waals surface area contributed by atoms with E-state index in [0.717, 1.165) is 22.0 Å². The van der Waals surface area contributed by atoms with Crippen molar-refractivity contribution in [3.05, 3.63) is 108 Å². The summed E-state index contributed by atoms with van der Waals surface area (Å²) in [5.41, 5.74) is 2.59. The predicted molar refractivity (Wildman–Crippen MR) is 174 cm³/mol. The molecule has 224 valence electrons. The SMILES string of the molecule is COC(=O)c1cc(C(C)(C)C)cc(NC(=O)Nc2ccc(Oc3ccnc(Nc4ccccc4)c3)c3ccccc23)c1OC. The summed E-state index contributed by atoms with van der Waals surface area (Å²) in [4.78, 5) is 30.3. The number of aromatic nitrogens is 1.